The summed E-state index contributed by atoms with van der Waals surface area (Å²) < 4.78 is 35.8. The molecule has 0 aliphatic carbocycles. The molecule has 0 N–H and O–H groups in total. The summed E-state index contributed by atoms with van der Waals surface area (Å²) in [5, 5.41) is 1.47. The molecule has 5 heteroatoms. The van der Waals surface area contributed by atoms with Gasteiger partial charge in [0.1, 0.15) is 10.1 Å². The summed E-state index contributed by atoms with van der Waals surface area (Å²) in [5.74, 6) is 0. The van der Waals surface area contributed by atoms with Crippen molar-refractivity contribution in [3.63, 3.8) is 0 Å². The van der Waals surface area contributed by atoms with Crippen molar-refractivity contribution in [3.05, 3.63) is 41.5 Å². The average molecular weight is 595 g/mol. The maximum absolute atomic E-state index is 11.9. The van der Waals surface area contributed by atoms with E-state index >= 15 is 0 Å². The molecule has 0 saturated heterocycles. The molecule has 228 valence electrons. The minimum atomic E-state index is -4.49. The van der Waals surface area contributed by atoms with Gasteiger partial charge in [-0.15, -0.1) is 0 Å². The standard InChI is InChI=1S/C36H60O3S.Na/c1-3-5-7-9-11-13-15-17-19-21-23-26-32-30-34-28-25-29-36(40(37,38)39)35(34)31-33(32)27-24-22-20-18-16-14-12-10-8-6-4-2;/h25,28-31H,3-24,26-27H2,1-2H3,(H,37,38,39);/q;+1/p-1. The number of rotatable bonds is 25. The Hall–Kier alpha value is -0.390. The summed E-state index contributed by atoms with van der Waals surface area (Å²) in [4.78, 5) is -0.0774. The Labute approximate surface area is 276 Å². The first-order valence-electron chi connectivity index (χ1n) is 17.0. The minimum Gasteiger partial charge on any atom is -0.744 e. The van der Waals surface area contributed by atoms with E-state index in [1.165, 1.54) is 152 Å². The molecule has 0 fully saturated rings. The molecule has 0 bridgehead atoms. The van der Waals surface area contributed by atoms with E-state index in [-0.39, 0.29) is 34.5 Å². The summed E-state index contributed by atoms with van der Waals surface area (Å²) >= 11 is 0. The van der Waals surface area contributed by atoms with Crippen molar-refractivity contribution in [3.8, 4) is 0 Å². The molecule has 0 amide bonds. The third-order valence-electron chi connectivity index (χ3n) is 8.53. The summed E-state index contributed by atoms with van der Waals surface area (Å²) in [6, 6.07) is 9.28. The predicted octanol–water partition coefficient (Wildman–Crippen LogP) is 8.45. The third kappa shape index (κ3) is 16.9. The smallest absolute Gasteiger partial charge is 0.744 e. The molecule has 41 heavy (non-hydrogen) atoms. The number of fused-ring (bicyclic) bond motifs is 1. The molecule has 0 atom stereocenters. The van der Waals surface area contributed by atoms with E-state index in [9.17, 15) is 13.0 Å². The van der Waals surface area contributed by atoms with Crippen LogP contribution in [0.3, 0.4) is 0 Å². The van der Waals surface area contributed by atoms with Crippen molar-refractivity contribution in [1.82, 2.24) is 0 Å². The van der Waals surface area contributed by atoms with Gasteiger partial charge in [0, 0.05) is 0 Å². The van der Waals surface area contributed by atoms with Gasteiger partial charge in [-0.3, -0.25) is 0 Å². The fourth-order valence-electron chi connectivity index (χ4n) is 6.03. The summed E-state index contributed by atoms with van der Waals surface area (Å²) in [6.07, 6.45) is 31.2. The van der Waals surface area contributed by atoms with Gasteiger partial charge in [0.15, 0.2) is 0 Å². The molecule has 0 aliphatic rings. The van der Waals surface area contributed by atoms with E-state index in [1.54, 1.807) is 6.07 Å². The molecule has 0 aromatic heterocycles. The van der Waals surface area contributed by atoms with Gasteiger partial charge in [-0.2, -0.15) is 0 Å². The Morgan fingerprint density at radius 2 is 0.902 bits per heavy atom. The van der Waals surface area contributed by atoms with Gasteiger partial charge in [0.25, 0.3) is 0 Å². The van der Waals surface area contributed by atoms with Crippen LogP contribution in [-0.2, 0) is 23.0 Å². The Morgan fingerprint density at radius 3 is 1.29 bits per heavy atom. The number of benzene rings is 2. The van der Waals surface area contributed by atoms with Crippen molar-refractivity contribution in [2.45, 2.75) is 173 Å². The normalized spacial score (nSPS) is 11.7. The Kier molecular flexibility index (Phi) is 22.6. The van der Waals surface area contributed by atoms with Gasteiger partial charge >= 0.3 is 29.6 Å². The summed E-state index contributed by atoms with van der Waals surface area (Å²) in [6.45, 7) is 4.54. The van der Waals surface area contributed by atoms with Gasteiger partial charge in [-0.25, -0.2) is 8.42 Å². The van der Waals surface area contributed by atoms with Crippen molar-refractivity contribution in [2.24, 2.45) is 0 Å². The second kappa shape index (κ2) is 24.0. The van der Waals surface area contributed by atoms with Crippen LogP contribution in [0.25, 0.3) is 10.8 Å². The number of unbranched alkanes of at least 4 members (excludes halogenated alkanes) is 20. The molecule has 2 aromatic carbocycles. The molecule has 0 aliphatic heterocycles. The fraction of sp³-hybridized carbons (Fsp3) is 0.722. The first-order chi connectivity index (χ1) is 19.5. The first-order valence-corrected chi connectivity index (χ1v) is 18.4. The quantitative estimate of drug-likeness (QED) is 0.0658. The predicted molar refractivity (Wildman–Crippen MR) is 172 cm³/mol. The van der Waals surface area contributed by atoms with Gasteiger partial charge in [0.2, 0.25) is 0 Å². The fourth-order valence-corrected chi connectivity index (χ4v) is 6.72. The van der Waals surface area contributed by atoms with E-state index in [0.29, 0.717) is 5.39 Å². The van der Waals surface area contributed by atoms with Gasteiger partial charge in [0.05, 0.1) is 4.90 Å². The van der Waals surface area contributed by atoms with E-state index in [1.807, 2.05) is 12.1 Å². The van der Waals surface area contributed by atoms with Gasteiger partial charge in [-0.05, 0) is 59.7 Å². The molecule has 2 aromatic rings. The first kappa shape index (κ1) is 38.6. The van der Waals surface area contributed by atoms with E-state index in [2.05, 4.69) is 19.9 Å². The maximum atomic E-state index is 11.9. The zero-order valence-electron chi connectivity index (χ0n) is 27.0. The summed E-state index contributed by atoms with van der Waals surface area (Å²) in [7, 11) is -4.49. The van der Waals surface area contributed by atoms with Crippen LogP contribution < -0.4 is 29.6 Å². The molecule has 0 unspecified atom stereocenters. The monoisotopic (exact) mass is 594 g/mol. The van der Waals surface area contributed by atoms with Crippen LogP contribution in [0.1, 0.15) is 166 Å². The Balaban J connectivity index is 0.00000840. The van der Waals surface area contributed by atoms with Gasteiger partial charge < -0.3 is 4.55 Å². The van der Waals surface area contributed by atoms with E-state index in [0.717, 1.165) is 24.6 Å². The van der Waals surface area contributed by atoms with Crippen molar-refractivity contribution in [1.29, 1.82) is 0 Å². The van der Waals surface area contributed by atoms with Crippen molar-refractivity contribution in [2.75, 3.05) is 0 Å². The molecule has 0 saturated carbocycles. The number of aryl methyl sites for hydroxylation is 2. The number of hydrogen-bond acceptors (Lipinski definition) is 3. The van der Waals surface area contributed by atoms with Crippen LogP contribution >= 0.6 is 0 Å². The van der Waals surface area contributed by atoms with Crippen LogP contribution in [-0.4, -0.2) is 13.0 Å². The second-order valence-corrected chi connectivity index (χ2v) is 13.5. The Morgan fingerprint density at radius 1 is 0.537 bits per heavy atom. The molecule has 3 nitrogen and oxygen atoms in total. The van der Waals surface area contributed by atoms with E-state index < -0.39 is 10.1 Å². The Bertz CT molecular complexity index is 1030. The molecule has 0 radical (unpaired) electrons. The largest absolute Gasteiger partial charge is 1.00 e. The molecule has 0 spiro atoms. The summed E-state index contributed by atoms with van der Waals surface area (Å²) in [5.41, 5.74) is 2.59. The molecular weight excluding hydrogens is 535 g/mol. The maximum Gasteiger partial charge on any atom is 1.00 e. The topological polar surface area (TPSA) is 57.2 Å². The third-order valence-corrected chi connectivity index (χ3v) is 9.42. The zero-order valence-corrected chi connectivity index (χ0v) is 29.8. The van der Waals surface area contributed by atoms with Crippen LogP contribution in [0.2, 0.25) is 0 Å². The molecule has 2 rings (SSSR count). The number of hydrogen-bond donors (Lipinski definition) is 0. The van der Waals surface area contributed by atoms with Crippen molar-refractivity contribution < 1.29 is 42.5 Å². The zero-order chi connectivity index (χ0) is 28.9. The van der Waals surface area contributed by atoms with E-state index in [4.69, 9.17) is 0 Å². The van der Waals surface area contributed by atoms with Gasteiger partial charge in [-0.1, -0.05) is 160 Å². The van der Waals surface area contributed by atoms with Crippen molar-refractivity contribution >= 4 is 20.9 Å². The van der Waals surface area contributed by atoms with Crippen LogP contribution in [0.4, 0.5) is 0 Å². The SMILES string of the molecule is CCCCCCCCCCCCCc1cc2cccc(S(=O)(=O)[O-])c2cc1CCCCCCCCCCCCC.[Na+]. The molecule has 0 heterocycles. The molecular formula is C36H59NaO3S. The second-order valence-electron chi connectivity index (χ2n) is 12.1. The van der Waals surface area contributed by atoms with Crippen LogP contribution in [0.5, 0.6) is 0 Å². The van der Waals surface area contributed by atoms with Crippen LogP contribution in [0, 0.1) is 0 Å². The average Bonchev–Trinajstić information content (AvgIpc) is 2.93. The van der Waals surface area contributed by atoms with Crippen LogP contribution in [0.15, 0.2) is 35.2 Å². The minimum absolute atomic E-state index is 0.